The molecule has 37 heavy (non-hydrogen) atoms. The fourth-order valence-corrected chi connectivity index (χ4v) is 4.86. The molecule has 1 atom stereocenters. The highest BCUT2D eigenvalue weighted by atomic mass is 16.3. The largest absolute Gasteiger partial charge is 0.464 e. The molecule has 0 spiro atoms. The van der Waals surface area contributed by atoms with Gasteiger partial charge in [0, 0.05) is 17.3 Å². The molecule has 9 heteroatoms. The Bertz CT molecular complexity index is 1430. The lowest BCUT2D eigenvalue weighted by molar-refractivity contribution is -0.127. The average Bonchev–Trinajstić information content (AvgIpc) is 3.65. The summed E-state index contributed by atoms with van der Waals surface area (Å²) in [6.45, 7) is 3.14. The summed E-state index contributed by atoms with van der Waals surface area (Å²) in [5.41, 5.74) is 2.37. The molecule has 1 fully saturated rings. The number of anilines is 1. The van der Waals surface area contributed by atoms with Crippen LogP contribution in [0.3, 0.4) is 0 Å². The maximum absolute atomic E-state index is 14.0. The number of fused-ring (bicyclic) bond motifs is 1. The molecule has 0 bridgehead atoms. The molecule has 2 aromatic heterocycles. The fourth-order valence-electron chi connectivity index (χ4n) is 4.86. The van der Waals surface area contributed by atoms with Crippen LogP contribution in [0.5, 0.6) is 0 Å². The number of hydrogen-bond donors (Lipinski definition) is 1. The first-order valence-electron chi connectivity index (χ1n) is 12.5. The van der Waals surface area contributed by atoms with Crippen molar-refractivity contribution in [3.05, 3.63) is 77.7 Å². The van der Waals surface area contributed by atoms with Crippen molar-refractivity contribution in [1.29, 1.82) is 0 Å². The number of benzene rings is 2. The van der Waals surface area contributed by atoms with Gasteiger partial charge in [-0.25, -0.2) is 4.68 Å². The fraction of sp³-hybridized carbons (Fsp3) is 0.321. The number of nitrogens with zero attached hydrogens (tertiary/aromatic N) is 4. The molecule has 0 aliphatic heterocycles. The van der Waals surface area contributed by atoms with Crippen LogP contribution in [0, 0.1) is 6.92 Å². The second kappa shape index (κ2) is 10.4. The zero-order chi connectivity index (χ0) is 25.9. The Morgan fingerprint density at radius 3 is 2.46 bits per heavy atom. The summed E-state index contributed by atoms with van der Waals surface area (Å²) in [6.07, 6.45) is 3.93. The predicted molar refractivity (Wildman–Crippen MR) is 138 cm³/mol. The minimum Gasteiger partial charge on any atom is -0.464 e. The van der Waals surface area contributed by atoms with Gasteiger partial charge in [-0.2, -0.15) is 0 Å². The van der Waals surface area contributed by atoms with Gasteiger partial charge in [0.1, 0.15) is 23.6 Å². The van der Waals surface area contributed by atoms with E-state index in [0.29, 0.717) is 33.8 Å². The van der Waals surface area contributed by atoms with Crippen LogP contribution in [0.15, 0.2) is 65.1 Å². The molecule has 2 heterocycles. The number of carbonyl (C=O) groups excluding carboxylic acids is 3. The number of aromatic nitrogens is 3. The summed E-state index contributed by atoms with van der Waals surface area (Å²) < 4.78 is 7.43. The Balaban J connectivity index is 1.56. The van der Waals surface area contributed by atoms with Crippen molar-refractivity contribution in [2.75, 3.05) is 4.90 Å². The van der Waals surface area contributed by atoms with E-state index in [1.807, 2.05) is 24.3 Å². The van der Waals surface area contributed by atoms with Gasteiger partial charge in [0.25, 0.3) is 5.91 Å². The van der Waals surface area contributed by atoms with Gasteiger partial charge in [-0.15, -0.1) is 5.10 Å². The number of hydrogen-bond acceptors (Lipinski definition) is 6. The zero-order valence-corrected chi connectivity index (χ0v) is 20.9. The van der Waals surface area contributed by atoms with Crippen LogP contribution in [-0.2, 0) is 16.1 Å². The van der Waals surface area contributed by atoms with E-state index in [9.17, 15) is 14.4 Å². The molecule has 2 amide bonds. The van der Waals surface area contributed by atoms with E-state index in [-0.39, 0.29) is 30.2 Å². The molecule has 190 valence electrons. The van der Waals surface area contributed by atoms with E-state index in [4.69, 9.17) is 4.42 Å². The predicted octanol–water partition coefficient (Wildman–Crippen LogP) is 4.37. The summed E-state index contributed by atoms with van der Waals surface area (Å²) >= 11 is 0. The van der Waals surface area contributed by atoms with Crippen LogP contribution >= 0.6 is 0 Å². The van der Waals surface area contributed by atoms with Gasteiger partial charge in [-0.1, -0.05) is 30.2 Å². The Morgan fingerprint density at radius 1 is 1.05 bits per heavy atom. The smallest absolute Gasteiger partial charge is 0.251 e. The molecule has 1 saturated carbocycles. The molecular weight excluding hydrogens is 470 g/mol. The minimum absolute atomic E-state index is 0.0577. The highest BCUT2D eigenvalue weighted by Gasteiger charge is 2.36. The second-order valence-electron chi connectivity index (χ2n) is 9.44. The molecule has 1 aliphatic rings. The molecule has 2 aromatic carbocycles. The monoisotopic (exact) mass is 499 g/mol. The van der Waals surface area contributed by atoms with Gasteiger partial charge in [-0.3, -0.25) is 19.3 Å². The number of furan rings is 1. The average molecular weight is 500 g/mol. The quantitative estimate of drug-likeness (QED) is 0.361. The summed E-state index contributed by atoms with van der Waals surface area (Å²) in [6, 6.07) is 16.6. The third-order valence-electron chi connectivity index (χ3n) is 6.76. The molecule has 1 N–H and O–H groups in total. The van der Waals surface area contributed by atoms with Crippen LogP contribution in [0.2, 0.25) is 0 Å². The van der Waals surface area contributed by atoms with E-state index in [1.165, 1.54) is 16.5 Å². The number of nitrogens with one attached hydrogen (secondary N) is 1. The van der Waals surface area contributed by atoms with Gasteiger partial charge in [0.15, 0.2) is 11.8 Å². The third-order valence-corrected chi connectivity index (χ3v) is 6.76. The normalized spacial score (nSPS) is 14.5. The van der Waals surface area contributed by atoms with Crippen molar-refractivity contribution >= 4 is 34.3 Å². The molecule has 5 rings (SSSR count). The molecular formula is C28H29N5O4. The van der Waals surface area contributed by atoms with Crippen LogP contribution in [0.1, 0.15) is 60.5 Å². The highest BCUT2D eigenvalue weighted by Crippen LogP contribution is 2.31. The number of ketones is 1. The SMILES string of the molecule is CC(=O)c1ccc(N(C(=O)Cn2nnc3ccccc32)C(C(=O)NC2CCCC2)c2ccc(C)o2)cc1. The Kier molecular flexibility index (Phi) is 6.85. The van der Waals surface area contributed by atoms with Crippen LogP contribution in [0.25, 0.3) is 11.0 Å². The second-order valence-corrected chi connectivity index (χ2v) is 9.44. The van der Waals surface area contributed by atoms with Crippen LogP contribution in [0.4, 0.5) is 5.69 Å². The maximum Gasteiger partial charge on any atom is 0.251 e. The number of aryl methyl sites for hydroxylation is 1. The van der Waals surface area contributed by atoms with Crippen molar-refractivity contribution < 1.29 is 18.8 Å². The zero-order valence-electron chi connectivity index (χ0n) is 20.9. The summed E-state index contributed by atoms with van der Waals surface area (Å²) in [5.74, 6) is 0.229. The van der Waals surface area contributed by atoms with E-state index < -0.39 is 6.04 Å². The van der Waals surface area contributed by atoms with Gasteiger partial charge in [-0.05, 0) is 75.2 Å². The molecule has 1 unspecified atom stereocenters. The molecule has 9 nitrogen and oxygen atoms in total. The van der Waals surface area contributed by atoms with Crippen LogP contribution in [-0.4, -0.2) is 38.6 Å². The molecule has 4 aromatic rings. The van der Waals surface area contributed by atoms with Crippen molar-refractivity contribution in [1.82, 2.24) is 20.3 Å². The van der Waals surface area contributed by atoms with Crippen molar-refractivity contribution in [3.63, 3.8) is 0 Å². The van der Waals surface area contributed by atoms with Crippen LogP contribution < -0.4 is 10.2 Å². The Hall–Kier alpha value is -4.27. The number of para-hydroxylation sites is 1. The van der Waals surface area contributed by atoms with Crippen molar-refractivity contribution in [2.45, 2.75) is 58.2 Å². The molecule has 0 radical (unpaired) electrons. The lowest BCUT2D eigenvalue weighted by atomic mass is 10.1. The lowest BCUT2D eigenvalue weighted by Gasteiger charge is -2.31. The maximum atomic E-state index is 14.0. The van der Waals surface area contributed by atoms with Crippen molar-refractivity contribution in [3.8, 4) is 0 Å². The molecule has 1 aliphatic carbocycles. The first-order valence-corrected chi connectivity index (χ1v) is 12.5. The van der Waals surface area contributed by atoms with Gasteiger partial charge in [0.2, 0.25) is 5.91 Å². The summed E-state index contributed by atoms with van der Waals surface area (Å²) in [5, 5.41) is 11.4. The lowest BCUT2D eigenvalue weighted by Crippen LogP contribution is -2.47. The van der Waals surface area contributed by atoms with Gasteiger partial charge in [0.05, 0.1) is 5.52 Å². The number of carbonyl (C=O) groups is 3. The van der Waals surface area contributed by atoms with E-state index in [1.54, 1.807) is 43.3 Å². The van der Waals surface area contributed by atoms with Gasteiger partial charge < -0.3 is 9.73 Å². The van der Waals surface area contributed by atoms with E-state index in [0.717, 1.165) is 25.7 Å². The summed E-state index contributed by atoms with van der Waals surface area (Å²) in [4.78, 5) is 41.1. The Labute approximate surface area is 214 Å². The van der Waals surface area contributed by atoms with Gasteiger partial charge >= 0.3 is 0 Å². The number of Topliss-reactive ketones (excluding diaryl/α,β-unsaturated/α-hetero) is 1. The van der Waals surface area contributed by atoms with E-state index >= 15 is 0 Å². The first kappa shape index (κ1) is 24.4. The standard InChI is InChI=1S/C28H29N5O4/c1-18-11-16-25(37-18)27(28(36)29-21-7-3-4-8-21)33(22-14-12-20(13-15-22)19(2)34)26(35)17-32-24-10-6-5-9-23(24)30-31-32/h5-6,9-16,21,27H,3-4,7-8,17H2,1-2H3,(H,29,36). The Morgan fingerprint density at radius 2 is 1.78 bits per heavy atom. The van der Waals surface area contributed by atoms with E-state index in [2.05, 4.69) is 15.6 Å². The topological polar surface area (TPSA) is 110 Å². The summed E-state index contributed by atoms with van der Waals surface area (Å²) in [7, 11) is 0. The van der Waals surface area contributed by atoms with Crippen molar-refractivity contribution in [2.24, 2.45) is 0 Å². The third kappa shape index (κ3) is 5.16. The molecule has 0 saturated heterocycles. The number of rotatable bonds is 8. The first-order chi connectivity index (χ1) is 17.9. The number of amides is 2. The highest BCUT2D eigenvalue weighted by molar-refractivity contribution is 6.02. The minimum atomic E-state index is -1.04.